The number of amides is 3. The highest BCUT2D eigenvalue weighted by atomic mass is 16.2. The predicted octanol–water partition coefficient (Wildman–Crippen LogP) is 1.06. The lowest BCUT2D eigenvalue weighted by molar-refractivity contribution is -0.128. The molecule has 0 spiro atoms. The zero-order valence-electron chi connectivity index (χ0n) is 13.4. The number of likely N-dealkylation sites (tertiary alicyclic amines) is 1. The van der Waals surface area contributed by atoms with Gasteiger partial charge in [0.15, 0.2) is 0 Å². The molecule has 1 aliphatic heterocycles. The average molecular weight is 317 g/mol. The first-order valence-electron chi connectivity index (χ1n) is 8.01. The van der Waals surface area contributed by atoms with Gasteiger partial charge in [0, 0.05) is 31.6 Å². The molecule has 6 heteroatoms. The van der Waals surface area contributed by atoms with Gasteiger partial charge in [-0.05, 0) is 30.5 Å². The van der Waals surface area contributed by atoms with Crippen molar-refractivity contribution in [3.8, 4) is 0 Å². The van der Waals surface area contributed by atoms with E-state index in [-0.39, 0.29) is 24.3 Å². The summed E-state index contributed by atoms with van der Waals surface area (Å²) in [4.78, 5) is 37.1. The summed E-state index contributed by atoms with van der Waals surface area (Å²) in [5, 5.41) is 5.31. The molecular formula is C17H23N3O3. The van der Waals surface area contributed by atoms with Crippen LogP contribution in [0.1, 0.15) is 42.1 Å². The Balaban J connectivity index is 1.89. The molecule has 0 unspecified atom stereocenters. The molecule has 6 nitrogen and oxygen atoms in total. The number of carbonyl (C=O) groups excluding carboxylic acids is 3. The second-order valence-electron chi connectivity index (χ2n) is 5.65. The van der Waals surface area contributed by atoms with Crippen LogP contribution in [0.15, 0.2) is 24.3 Å². The number of rotatable bonds is 7. The van der Waals surface area contributed by atoms with Crippen LogP contribution < -0.4 is 10.6 Å². The zero-order valence-corrected chi connectivity index (χ0v) is 13.4. The lowest BCUT2D eigenvalue weighted by Gasteiger charge is -2.16. The van der Waals surface area contributed by atoms with Gasteiger partial charge in [0.05, 0.1) is 6.54 Å². The molecule has 1 fully saturated rings. The molecule has 0 atom stereocenters. The second-order valence-corrected chi connectivity index (χ2v) is 5.65. The van der Waals surface area contributed by atoms with Crippen LogP contribution in [-0.4, -0.2) is 42.3 Å². The molecule has 1 aliphatic rings. The highest BCUT2D eigenvalue weighted by Gasteiger charge is 2.20. The van der Waals surface area contributed by atoms with Crippen molar-refractivity contribution in [1.29, 1.82) is 0 Å². The summed E-state index contributed by atoms with van der Waals surface area (Å²) < 4.78 is 0. The Kier molecular flexibility index (Phi) is 6.14. The first-order valence-corrected chi connectivity index (χ1v) is 8.01. The summed E-state index contributed by atoms with van der Waals surface area (Å²) in [5.41, 5.74) is 1.42. The molecule has 23 heavy (non-hydrogen) atoms. The van der Waals surface area contributed by atoms with Crippen LogP contribution in [0, 0.1) is 0 Å². The van der Waals surface area contributed by atoms with E-state index < -0.39 is 0 Å². The molecule has 124 valence electrons. The third kappa shape index (κ3) is 5.09. The van der Waals surface area contributed by atoms with E-state index in [0.29, 0.717) is 25.1 Å². The zero-order chi connectivity index (χ0) is 16.7. The molecular weight excluding hydrogens is 294 g/mol. The van der Waals surface area contributed by atoms with Crippen molar-refractivity contribution in [3.63, 3.8) is 0 Å². The van der Waals surface area contributed by atoms with E-state index in [1.807, 2.05) is 13.0 Å². The Morgan fingerprint density at radius 1 is 1.26 bits per heavy atom. The maximum atomic E-state index is 12.1. The van der Waals surface area contributed by atoms with Crippen molar-refractivity contribution >= 4 is 17.7 Å². The molecule has 1 saturated heterocycles. The highest BCUT2D eigenvalue weighted by molar-refractivity contribution is 5.96. The maximum Gasteiger partial charge on any atom is 0.251 e. The van der Waals surface area contributed by atoms with Crippen LogP contribution in [0.25, 0.3) is 0 Å². The molecule has 2 N–H and O–H groups in total. The van der Waals surface area contributed by atoms with Crippen LogP contribution in [0.5, 0.6) is 0 Å². The van der Waals surface area contributed by atoms with Crippen LogP contribution in [0.4, 0.5) is 0 Å². The van der Waals surface area contributed by atoms with Crippen molar-refractivity contribution in [2.24, 2.45) is 0 Å². The van der Waals surface area contributed by atoms with Gasteiger partial charge in [-0.1, -0.05) is 19.1 Å². The van der Waals surface area contributed by atoms with Gasteiger partial charge in [0.25, 0.3) is 5.91 Å². The summed E-state index contributed by atoms with van der Waals surface area (Å²) >= 11 is 0. The van der Waals surface area contributed by atoms with Crippen molar-refractivity contribution < 1.29 is 14.4 Å². The summed E-state index contributed by atoms with van der Waals surface area (Å²) in [6, 6.07) is 7.16. The lowest BCUT2D eigenvalue weighted by atomic mass is 10.1. The Morgan fingerprint density at radius 3 is 2.78 bits per heavy atom. The normalized spacial score (nSPS) is 14.0. The smallest absolute Gasteiger partial charge is 0.251 e. The molecule has 2 rings (SSSR count). The first kappa shape index (κ1) is 17.0. The number of benzene rings is 1. The summed E-state index contributed by atoms with van der Waals surface area (Å²) in [5.74, 6) is -0.322. The highest BCUT2D eigenvalue weighted by Crippen LogP contribution is 2.15. The third-order valence-corrected chi connectivity index (χ3v) is 3.72. The maximum absolute atomic E-state index is 12.1. The minimum absolute atomic E-state index is 0.0341. The number of nitrogens with one attached hydrogen (secondary N) is 2. The minimum atomic E-state index is -0.286. The van der Waals surface area contributed by atoms with Gasteiger partial charge in [0.2, 0.25) is 11.8 Å². The van der Waals surface area contributed by atoms with Crippen molar-refractivity contribution in [2.45, 2.75) is 32.7 Å². The fourth-order valence-corrected chi connectivity index (χ4v) is 2.49. The topological polar surface area (TPSA) is 78.5 Å². The van der Waals surface area contributed by atoms with Crippen molar-refractivity contribution in [1.82, 2.24) is 15.5 Å². The molecule has 0 aromatic heterocycles. The third-order valence-electron chi connectivity index (χ3n) is 3.72. The Bertz CT molecular complexity index is 586. The van der Waals surface area contributed by atoms with Crippen LogP contribution in [0.2, 0.25) is 0 Å². The summed E-state index contributed by atoms with van der Waals surface area (Å²) in [6.07, 6.45) is 2.36. The molecule has 1 heterocycles. The number of hydrogen-bond acceptors (Lipinski definition) is 3. The quantitative estimate of drug-likeness (QED) is 0.789. The van der Waals surface area contributed by atoms with Gasteiger partial charge < -0.3 is 15.5 Å². The van der Waals surface area contributed by atoms with E-state index in [4.69, 9.17) is 0 Å². The Labute approximate surface area is 136 Å². The molecule has 1 aromatic carbocycles. The standard InChI is InChI=1S/C17H23N3O3/c1-2-8-18-15(21)11-19-17(23)14-6-3-5-13(10-14)12-20-9-4-7-16(20)22/h3,5-6,10H,2,4,7-9,11-12H2,1H3,(H,18,21)(H,19,23). The van der Waals surface area contributed by atoms with E-state index in [1.165, 1.54) is 0 Å². The van der Waals surface area contributed by atoms with Crippen LogP contribution in [0.3, 0.4) is 0 Å². The predicted molar refractivity (Wildman–Crippen MR) is 86.7 cm³/mol. The minimum Gasteiger partial charge on any atom is -0.355 e. The van der Waals surface area contributed by atoms with Crippen LogP contribution >= 0.6 is 0 Å². The Hall–Kier alpha value is -2.37. The van der Waals surface area contributed by atoms with E-state index in [9.17, 15) is 14.4 Å². The van der Waals surface area contributed by atoms with Gasteiger partial charge in [-0.15, -0.1) is 0 Å². The second kappa shape index (κ2) is 8.31. The van der Waals surface area contributed by atoms with E-state index in [1.54, 1.807) is 23.1 Å². The molecule has 0 bridgehead atoms. The van der Waals surface area contributed by atoms with Crippen molar-refractivity contribution in [3.05, 3.63) is 35.4 Å². The first-order chi connectivity index (χ1) is 11.1. The van der Waals surface area contributed by atoms with Gasteiger partial charge >= 0.3 is 0 Å². The number of carbonyl (C=O) groups is 3. The fraction of sp³-hybridized carbons (Fsp3) is 0.471. The van der Waals surface area contributed by atoms with E-state index in [0.717, 1.165) is 24.9 Å². The molecule has 0 radical (unpaired) electrons. The fourth-order valence-electron chi connectivity index (χ4n) is 2.49. The lowest BCUT2D eigenvalue weighted by Crippen LogP contribution is -2.37. The molecule has 0 saturated carbocycles. The van der Waals surface area contributed by atoms with Gasteiger partial charge in [-0.3, -0.25) is 14.4 Å². The van der Waals surface area contributed by atoms with Gasteiger partial charge in [-0.25, -0.2) is 0 Å². The van der Waals surface area contributed by atoms with Crippen molar-refractivity contribution in [2.75, 3.05) is 19.6 Å². The van der Waals surface area contributed by atoms with Crippen LogP contribution in [-0.2, 0) is 16.1 Å². The summed E-state index contributed by atoms with van der Waals surface area (Å²) in [6.45, 7) is 3.83. The largest absolute Gasteiger partial charge is 0.355 e. The molecule has 3 amide bonds. The SMILES string of the molecule is CCCNC(=O)CNC(=O)c1cccc(CN2CCCC2=O)c1. The van der Waals surface area contributed by atoms with E-state index >= 15 is 0 Å². The number of nitrogens with zero attached hydrogens (tertiary/aromatic N) is 1. The molecule has 0 aliphatic carbocycles. The Morgan fingerprint density at radius 2 is 2.09 bits per heavy atom. The summed E-state index contributed by atoms with van der Waals surface area (Å²) in [7, 11) is 0. The molecule has 1 aromatic rings. The number of hydrogen-bond donors (Lipinski definition) is 2. The van der Waals surface area contributed by atoms with E-state index in [2.05, 4.69) is 10.6 Å². The monoisotopic (exact) mass is 317 g/mol. The average Bonchev–Trinajstić information content (AvgIpc) is 2.96. The van der Waals surface area contributed by atoms with Gasteiger partial charge in [-0.2, -0.15) is 0 Å². The van der Waals surface area contributed by atoms with Gasteiger partial charge in [0.1, 0.15) is 0 Å².